The number of nitriles is 1. The van der Waals surface area contributed by atoms with Crippen LogP contribution in [0.15, 0.2) is 42.9 Å². The first-order valence-electron chi connectivity index (χ1n) is 5.58. The Balaban J connectivity index is 2.16. The van der Waals surface area contributed by atoms with Crippen molar-refractivity contribution in [1.82, 2.24) is 14.4 Å². The van der Waals surface area contributed by atoms with Crippen molar-refractivity contribution in [2.75, 3.05) is 0 Å². The summed E-state index contributed by atoms with van der Waals surface area (Å²) in [5, 5.41) is 8.81. The van der Waals surface area contributed by atoms with Crippen LogP contribution in [0.5, 0.6) is 0 Å². The highest BCUT2D eigenvalue weighted by molar-refractivity contribution is 5.63. The van der Waals surface area contributed by atoms with Crippen molar-refractivity contribution < 1.29 is 0 Å². The van der Waals surface area contributed by atoms with Crippen LogP contribution in [0, 0.1) is 18.3 Å². The Bertz CT molecular complexity index is 765. The number of imidazole rings is 1. The Kier molecular flexibility index (Phi) is 2.31. The third kappa shape index (κ3) is 1.72. The second-order valence-corrected chi connectivity index (χ2v) is 4.16. The minimum atomic E-state index is 0.379. The summed E-state index contributed by atoms with van der Waals surface area (Å²) in [4.78, 5) is 8.33. The Labute approximate surface area is 104 Å². The smallest absolute Gasteiger partial charge is 0.235 e. The van der Waals surface area contributed by atoms with Crippen LogP contribution in [0.1, 0.15) is 11.3 Å². The van der Waals surface area contributed by atoms with Crippen molar-refractivity contribution in [3.05, 3.63) is 54.1 Å². The zero-order valence-corrected chi connectivity index (χ0v) is 9.83. The predicted octanol–water partition coefficient (Wildman–Crippen LogP) is 2.58. The van der Waals surface area contributed by atoms with E-state index in [-0.39, 0.29) is 0 Å². The average molecular weight is 234 g/mol. The van der Waals surface area contributed by atoms with Crippen LogP contribution in [0.25, 0.3) is 16.9 Å². The molecule has 0 spiro atoms. The molecule has 0 aliphatic heterocycles. The number of fused-ring (bicyclic) bond motifs is 1. The Hall–Kier alpha value is -2.67. The quantitative estimate of drug-likeness (QED) is 0.650. The van der Waals surface area contributed by atoms with E-state index in [2.05, 4.69) is 29.0 Å². The molecule has 0 amide bonds. The molecule has 0 saturated heterocycles. The normalized spacial score (nSPS) is 10.4. The second-order valence-electron chi connectivity index (χ2n) is 4.16. The lowest BCUT2D eigenvalue weighted by atomic mass is 10.1. The lowest BCUT2D eigenvalue weighted by Gasteiger charge is -2.02. The molecule has 18 heavy (non-hydrogen) atoms. The predicted molar refractivity (Wildman–Crippen MR) is 67.9 cm³/mol. The van der Waals surface area contributed by atoms with E-state index >= 15 is 0 Å². The summed E-state index contributed by atoms with van der Waals surface area (Å²) in [5.74, 6) is 0.544. The van der Waals surface area contributed by atoms with Crippen LogP contribution in [0.3, 0.4) is 0 Å². The maximum atomic E-state index is 8.81. The summed E-state index contributed by atoms with van der Waals surface area (Å²) in [6, 6.07) is 10.2. The van der Waals surface area contributed by atoms with E-state index in [4.69, 9.17) is 5.26 Å². The Morgan fingerprint density at radius 1 is 1.22 bits per heavy atom. The van der Waals surface area contributed by atoms with E-state index in [0.29, 0.717) is 11.5 Å². The van der Waals surface area contributed by atoms with Gasteiger partial charge in [-0.25, -0.2) is 4.98 Å². The SMILES string of the molecule is Cc1cccc(-c2cnc3nc(C#N)cn3c2)c1. The molecule has 86 valence electrons. The van der Waals surface area contributed by atoms with Gasteiger partial charge in [0.1, 0.15) is 6.07 Å². The van der Waals surface area contributed by atoms with Gasteiger partial charge in [-0.2, -0.15) is 10.2 Å². The molecule has 0 N–H and O–H groups in total. The number of nitrogens with zero attached hydrogens (tertiary/aromatic N) is 4. The molecule has 0 saturated carbocycles. The van der Waals surface area contributed by atoms with Gasteiger partial charge >= 0.3 is 0 Å². The zero-order valence-electron chi connectivity index (χ0n) is 9.83. The molecule has 2 heterocycles. The summed E-state index contributed by atoms with van der Waals surface area (Å²) >= 11 is 0. The van der Waals surface area contributed by atoms with E-state index in [9.17, 15) is 0 Å². The van der Waals surface area contributed by atoms with E-state index in [1.54, 1.807) is 16.8 Å². The van der Waals surface area contributed by atoms with Gasteiger partial charge in [-0.1, -0.05) is 29.8 Å². The zero-order chi connectivity index (χ0) is 12.5. The number of rotatable bonds is 1. The molecule has 0 fully saturated rings. The Morgan fingerprint density at radius 3 is 2.89 bits per heavy atom. The highest BCUT2D eigenvalue weighted by atomic mass is 15.1. The molecule has 3 rings (SSSR count). The second kappa shape index (κ2) is 3.97. The van der Waals surface area contributed by atoms with E-state index in [0.717, 1.165) is 11.1 Å². The maximum Gasteiger partial charge on any atom is 0.235 e. The van der Waals surface area contributed by atoms with E-state index in [1.807, 2.05) is 24.4 Å². The van der Waals surface area contributed by atoms with Gasteiger partial charge in [-0.3, -0.25) is 4.40 Å². The topological polar surface area (TPSA) is 54.0 Å². The largest absolute Gasteiger partial charge is 0.289 e. The molecule has 1 aromatic carbocycles. The summed E-state index contributed by atoms with van der Waals surface area (Å²) in [7, 11) is 0. The van der Waals surface area contributed by atoms with Crippen molar-refractivity contribution >= 4 is 5.78 Å². The van der Waals surface area contributed by atoms with Crippen molar-refractivity contribution in [3.8, 4) is 17.2 Å². The van der Waals surface area contributed by atoms with Gasteiger partial charge in [-0.05, 0) is 12.5 Å². The van der Waals surface area contributed by atoms with E-state index < -0.39 is 0 Å². The first-order valence-corrected chi connectivity index (χ1v) is 5.58. The third-order valence-corrected chi connectivity index (χ3v) is 2.78. The van der Waals surface area contributed by atoms with Crippen LogP contribution < -0.4 is 0 Å². The van der Waals surface area contributed by atoms with Crippen molar-refractivity contribution in [2.24, 2.45) is 0 Å². The lowest BCUT2D eigenvalue weighted by molar-refractivity contribution is 1.11. The molecule has 0 aliphatic carbocycles. The maximum absolute atomic E-state index is 8.81. The van der Waals surface area contributed by atoms with Crippen LogP contribution >= 0.6 is 0 Å². The molecule has 3 aromatic rings. The van der Waals surface area contributed by atoms with Gasteiger partial charge in [0.2, 0.25) is 5.78 Å². The molecule has 4 nitrogen and oxygen atoms in total. The van der Waals surface area contributed by atoms with Crippen LogP contribution in [0.4, 0.5) is 0 Å². The fourth-order valence-electron chi connectivity index (χ4n) is 1.91. The molecule has 4 heteroatoms. The molecule has 0 aliphatic rings. The summed E-state index contributed by atoms with van der Waals surface area (Å²) in [6.07, 6.45) is 5.39. The minimum Gasteiger partial charge on any atom is -0.289 e. The van der Waals surface area contributed by atoms with Crippen LogP contribution in [-0.4, -0.2) is 14.4 Å². The van der Waals surface area contributed by atoms with Crippen LogP contribution in [0.2, 0.25) is 0 Å². The first-order chi connectivity index (χ1) is 8.76. The molecule has 0 atom stereocenters. The number of aromatic nitrogens is 3. The lowest BCUT2D eigenvalue weighted by Crippen LogP contribution is -1.89. The molecule has 2 aromatic heterocycles. The average Bonchev–Trinajstić information content (AvgIpc) is 2.80. The molecular formula is C14H10N4. The van der Waals surface area contributed by atoms with Crippen LogP contribution in [-0.2, 0) is 0 Å². The summed E-state index contributed by atoms with van der Waals surface area (Å²) in [5.41, 5.74) is 3.70. The molecule has 0 bridgehead atoms. The van der Waals surface area contributed by atoms with Crippen molar-refractivity contribution in [3.63, 3.8) is 0 Å². The van der Waals surface area contributed by atoms with Gasteiger partial charge in [0, 0.05) is 24.2 Å². The third-order valence-electron chi connectivity index (χ3n) is 2.78. The summed E-state index contributed by atoms with van der Waals surface area (Å²) < 4.78 is 1.77. The Morgan fingerprint density at radius 2 is 2.11 bits per heavy atom. The molecule has 0 unspecified atom stereocenters. The highest BCUT2D eigenvalue weighted by Crippen LogP contribution is 2.19. The fraction of sp³-hybridized carbons (Fsp3) is 0.0714. The molecule has 0 radical (unpaired) electrons. The summed E-state index contributed by atoms with van der Waals surface area (Å²) in [6.45, 7) is 2.06. The van der Waals surface area contributed by atoms with Crippen molar-refractivity contribution in [2.45, 2.75) is 6.92 Å². The first kappa shape index (κ1) is 10.5. The highest BCUT2D eigenvalue weighted by Gasteiger charge is 2.04. The van der Waals surface area contributed by atoms with Crippen molar-refractivity contribution in [1.29, 1.82) is 5.26 Å². The van der Waals surface area contributed by atoms with Gasteiger partial charge in [0.15, 0.2) is 5.69 Å². The minimum absolute atomic E-state index is 0.379. The van der Waals surface area contributed by atoms with Gasteiger partial charge in [0.05, 0.1) is 0 Å². The van der Waals surface area contributed by atoms with E-state index in [1.165, 1.54) is 5.56 Å². The standard InChI is InChI=1S/C14H10N4/c1-10-3-2-4-11(5-10)12-7-16-14-17-13(6-15)9-18(14)8-12/h2-5,7-9H,1H3. The number of hydrogen-bond donors (Lipinski definition) is 0. The van der Waals surface area contributed by atoms with Gasteiger partial charge in [-0.15, -0.1) is 0 Å². The monoisotopic (exact) mass is 234 g/mol. The fourth-order valence-corrected chi connectivity index (χ4v) is 1.91. The number of hydrogen-bond acceptors (Lipinski definition) is 3. The van der Waals surface area contributed by atoms with Gasteiger partial charge in [0.25, 0.3) is 0 Å². The van der Waals surface area contributed by atoms with Gasteiger partial charge < -0.3 is 0 Å². The number of benzene rings is 1. The molecular weight excluding hydrogens is 224 g/mol. The number of aryl methyl sites for hydroxylation is 1.